The van der Waals surface area contributed by atoms with Gasteiger partial charge in [-0.05, 0) is 43.5 Å². The van der Waals surface area contributed by atoms with Crippen molar-refractivity contribution in [2.45, 2.75) is 20.8 Å². The predicted octanol–water partition coefficient (Wildman–Crippen LogP) is 2.83. The van der Waals surface area contributed by atoms with Gasteiger partial charge in [0.1, 0.15) is 5.69 Å². The standard InChI is InChI=1S/C12H12N2O2S/c1-6-4-8(3)9(5-7(6)2)10-11(12(15)16)14-17-13-10/h4-5H,1-3H3,(H,15,16). The number of hydrogen-bond acceptors (Lipinski definition) is 4. The molecule has 17 heavy (non-hydrogen) atoms. The molecule has 0 saturated heterocycles. The zero-order chi connectivity index (χ0) is 12.6. The Morgan fingerprint density at radius 3 is 2.41 bits per heavy atom. The molecule has 0 atom stereocenters. The minimum Gasteiger partial charge on any atom is -0.476 e. The van der Waals surface area contributed by atoms with Crippen LogP contribution in [0.5, 0.6) is 0 Å². The molecule has 1 aromatic heterocycles. The van der Waals surface area contributed by atoms with E-state index in [1.165, 1.54) is 5.56 Å². The van der Waals surface area contributed by atoms with E-state index < -0.39 is 5.97 Å². The van der Waals surface area contributed by atoms with Crippen molar-refractivity contribution in [2.24, 2.45) is 0 Å². The van der Waals surface area contributed by atoms with Gasteiger partial charge in [0, 0.05) is 5.56 Å². The molecular formula is C12H12N2O2S. The Hall–Kier alpha value is -1.75. The highest BCUT2D eigenvalue weighted by atomic mass is 32.1. The van der Waals surface area contributed by atoms with E-state index >= 15 is 0 Å². The zero-order valence-corrected chi connectivity index (χ0v) is 10.6. The third-order valence-electron chi connectivity index (χ3n) is 2.79. The van der Waals surface area contributed by atoms with Gasteiger partial charge in [-0.3, -0.25) is 0 Å². The smallest absolute Gasteiger partial charge is 0.357 e. The summed E-state index contributed by atoms with van der Waals surface area (Å²) in [7, 11) is 0. The number of carbonyl (C=O) groups is 1. The van der Waals surface area contributed by atoms with Gasteiger partial charge in [0.25, 0.3) is 0 Å². The largest absolute Gasteiger partial charge is 0.476 e. The van der Waals surface area contributed by atoms with Gasteiger partial charge in [0.15, 0.2) is 5.69 Å². The zero-order valence-electron chi connectivity index (χ0n) is 9.81. The van der Waals surface area contributed by atoms with Gasteiger partial charge in [-0.15, -0.1) is 0 Å². The molecule has 0 amide bonds. The monoisotopic (exact) mass is 248 g/mol. The molecule has 0 radical (unpaired) electrons. The van der Waals surface area contributed by atoms with Crippen molar-refractivity contribution in [3.05, 3.63) is 34.5 Å². The fourth-order valence-electron chi connectivity index (χ4n) is 1.72. The topological polar surface area (TPSA) is 63.1 Å². The van der Waals surface area contributed by atoms with Crippen molar-refractivity contribution in [3.63, 3.8) is 0 Å². The van der Waals surface area contributed by atoms with Crippen molar-refractivity contribution in [2.75, 3.05) is 0 Å². The number of carboxylic acid groups (broad SMARTS) is 1. The highest BCUT2D eigenvalue weighted by Gasteiger charge is 2.18. The fourth-order valence-corrected chi connectivity index (χ4v) is 2.27. The Bertz CT molecular complexity index is 590. The van der Waals surface area contributed by atoms with Crippen LogP contribution in [0, 0.1) is 20.8 Å². The molecule has 0 aliphatic rings. The van der Waals surface area contributed by atoms with Gasteiger partial charge in [0.05, 0.1) is 11.7 Å². The van der Waals surface area contributed by atoms with E-state index in [2.05, 4.69) is 8.75 Å². The first kappa shape index (κ1) is 11.7. The molecule has 5 heteroatoms. The fraction of sp³-hybridized carbons (Fsp3) is 0.250. The van der Waals surface area contributed by atoms with Gasteiger partial charge in [0.2, 0.25) is 0 Å². The predicted molar refractivity (Wildman–Crippen MR) is 66.5 cm³/mol. The van der Waals surface area contributed by atoms with Crippen LogP contribution in [-0.2, 0) is 0 Å². The van der Waals surface area contributed by atoms with Crippen molar-refractivity contribution in [1.82, 2.24) is 8.75 Å². The SMILES string of the molecule is Cc1cc(C)c(-c2nsnc2C(=O)O)cc1C. The first-order valence-electron chi connectivity index (χ1n) is 5.14. The number of aromatic carboxylic acids is 1. The van der Waals surface area contributed by atoms with Crippen LogP contribution in [0.15, 0.2) is 12.1 Å². The van der Waals surface area contributed by atoms with Crippen LogP contribution in [-0.4, -0.2) is 19.8 Å². The van der Waals surface area contributed by atoms with E-state index in [0.29, 0.717) is 5.69 Å². The Morgan fingerprint density at radius 2 is 1.76 bits per heavy atom. The minimum atomic E-state index is -1.04. The minimum absolute atomic E-state index is 0.0290. The Balaban J connectivity index is 2.64. The molecule has 0 fully saturated rings. The first-order valence-corrected chi connectivity index (χ1v) is 5.88. The summed E-state index contributed by atoms with van der Waals surface area (Å²) in [5, 5.41) is 9.03. The van der Waals surface area contributed by atoms with Crippen molar-refractivity contribution in [3.8, 4) is 11.3 Å². The third kappa shape index (κ3) is 2.06. The van der Waals surface area contributed by atoms with Gasteiger partial charge in [-0.1, -0.05) is 6.07 Å². The van der Waals surface area contributed by atoms with Gasteiger partial charge < -0.3 is 5.11 Å². The van der Waals surface area contributed by atoms with Crippen LogP contribution in [0.3, 0.4) is 0 Å². The Labute approximate surface area is 103 Å². The third-order valence-corrected chi connectivity index (χ3v) is 3.32. The quantitative estimate of drug-likeness (QED) is 0.887. The second kappa shape index (κ2) is 4.25. The van der Waals surface area contributed by atoms with Gasteiger partial charge in [-0.2, -0.15) is 8.75 Å². The molecule has 0 aliphatic carbocycles. The average molecular weight is 248 g/mol. The summed E-state index contributed by atoms with van der Waals surface area (Å²) in [4.78, 5) is 11.0. The lowest BCUT2D eigenvalue weighted by molar-refractivity contribution is 0.0692. The molecular weight excluding hydrogens is 236 g/mol. The van der Waals surface area contributed by atoms with E-state index in [1.54, 1.807) is 0 Å². The number of carboxylic acids is 1. The van der Waals surface area contributed by atoms with E-state index in [9.17, 15) is 4.79 Å². The second-order valence-corrected chi connectivity index (χ2v) is 4.55. The molecule has 1 heterocycles. The van der Waals surface area contributed by atoms with Gasteiger partial charge in [-0.25, -0.2) is 4.79 Å². The lowest BCUT2D eigenvalue weighted by atomic mass is 9.98. The molecule has 0 saturated carbocycles. The summed E-state index contributed by atoms with van der Waals surface area (Å²) >= 11 is 0.927. The van der Waals surface area contributed by atoms with Crippen molar-refractivity contribution >= 4 is 17.7 Å². The summed E-state index contributed by atoms with van der Waals surface area (Å²) in [6.07, 6.45) is 0. The van der Waals surface area contributed by atoms with E-state index in [0.717, 1.165) is 28.4 Å². The van der Waals surface area contributed by atoms with E-state index in [-0.39, 0.29) is 5.69 Å². The van der Waals surface area contributed by atoms with Crippen molar-refractivity contribution < 1.29 is 9.90 Å². The maximum absolute atomic E-state index is 11.0. The van der Waals surface area contributed by atoms with E-state index in [4.69, 9.17) is 5.11 Å². The number of nitrogens with zero attached hydrogens (tertiary/aromatic N) is 2. The lowest BCUT2D eigenvalue weighted by Gasteiger charge is -2.07. The van der Waals surface area contributed by atoms with Crippen LogP contribution in [0.1, 0.15) is 27.2 Å². The molecule has 88 valence electrons. The molecule has 1 aromatic carbocycles. The molecule has 2 aromatic rings. The Morgan fingerprint density at radius 1 is 1.12 bits per heavy atom. The number of aromatic nitrogens is 2. The lowest BCUT2D eigenvalue weighted by Crippen LogP contribution is -2.00. The molecule has 2 rings (SSSR count). The van der Waals surface area contributed by atoms with Crippen LogP contribution in [0.2, 0.25) is 0 Å². The number of hydrogen-bond donors (Lipinski definition) is 1. The summed E-state index contributed by atoms with van der Waals surface area (Å²) in [5.74, 6) is -1.04. The van der Waals surface area contributed by atoms with Crippen LogP contribution in [0.25, 0.3) is 11.3 Å². The average Bonchev–Trinajstić information content (AvgIpc) is 2.72. The summed E-state index contributed by atoms with van der Waals surface area (Å²) in [5.41, 5.74) is 4.66. The number of aryl methyl sites for hydroxylation is 3. The highest BCUT2D eigenvalue weighted by Crippen LogP contribution is 2.27. The number of rotatable bonds is 2. The summed E-state index contributed by atoms with van der Waals surface area (Å²) in [6.45, 7) is 5.98. The second-order valence-electron chi connectivity index (χ2n) is 4.02. The summed E-state index contributed by atoms with van der Waals surface area (Å²) in [6, 6.07) is 4.00. The molecule has 0 aliphatic heterocycles. The normalized spacial score (nSPS) is 10.5. The Kier molecular flexibility index (Phi) is 2.93. The maximum atomic E-state index is 11.0. The van der Waals surface area contributed by atoms with Gasteiger partial charge >= 0.3 is 5.97 Å². The first-order chi connectivity index (χ1) is 8.00. The molecule has 4 nitrogen and oxygen atoms in total. The molecule has 0 spiro atoms. The molecule has 1 N–H and O–H groups in total. The molecule has 0 unspecified atom stereocenters. The van der Waals surface area contributed by atoms with E-state index in [1.807, 2.05) is 32.9 Å². The van der Waals surface area contributed by atoms with Crippen LogP contribution < -0.4 is 0 Å². The molecule has 0 bridgehead atoms. The van der Waals surface area contributed by atoms with Crippen LogP contribution in [0.4, 0.5) is 0 Å². The highest BCUT2D eigenvalue weighted by molar-refractivity contribution is 6.99. The van der Waals surface area contributed by atoms with Crippen molar-refractivity contribution in [1.29, 1.82) is 0 Å². The number of benzene rings is 1. The summed E-state index contributed by atoms with van der Waals surface area (Å²) < 4.78 is 7.91. The van der Waals surface area contributed by atoms with Crippen LogP contribution >= 0.6 is 11.7 Å². The maximum Gasteiger partial charge on any atom is 0.357 e.